The molecule has 0 aliphatic heterocycles. The third kappa shape index (κ3) is 11.2. The van der Waals surface area contributed by atoms with Crippen LogP contribution in [0.1, 0.15) is 154 Å². The van der Waals surface area contributed by atoms with Gasteiger partial charge in [0.1, 0.15) is 0 Å². The van der Waals surface area contributed by atoms with Gasteiger partial charge in [0.25, 0.3) is 0 Å². The van der Waals surface area contributed by atoms with Gasteiger partial charge in [-0.05, 0) is 0 Å². The Labute approximate surface area is 457 Å². The van der Waals surface area contributed by atoms with Crippen LogP contribution in [0.25, 0.3) is 33.4 Å². The van der Waals surface area contributed by atoms with Crippen molar-refractivity contribution < 1.29 is 72.4 Å². The van der Waals surface area contributed by atoms with Crippen molar-refractivity contribution in [1.82, 2.24) is 0 Å². The number of aryl methyl sites for hydroxylation is 6. The zero-order valence-corrected chi connectivity index (χ0v) is 49.8. The molecular formula is C65H70Cl2F6Zr. The number of benzene rings is 6. The van der Waals surface area contributed by atoms with Gasteiger partial charge in [-0.2, -0.15) is 0 Å². The quantitative estimate of drug-likeness (QED) is 0.140. The minimum absolute atomic E-state index is 0. The van der Waals surface area contributed by atoms with Gasteiger partial charge < -0.3 is 24.8 Å². The van der Waals surface area contributed by atoms with Crippen LogP contribution in [0.15, 0.2) is 112 Å². The van der Waals surface area contributed by atoms with Gasteiger partial charge in [0.05, 0.1) is 0 Å². The molecule has 6 aromatic carbocycles. The molecule has 9 heteroatoms. The molecule has 0 radical (unpaired) electrons. The van der Waals surface area contributed by atoms with Crippen molar-refractivity contribution in [2.45, 2.75) is 147 Å². The van der Waals surface area contributed by atoms with E-state index in [1.54, 1.807) is 24.3 Å². The number of hydrogen-bond donors (Lipinski definition) is 0. The Morgan fingerprint density at radius 1 is 0.514 bits per heavy atom. The molecule has 74 heavy (non-hydrogen) atoms. The first-order chi connectivity index (χ1) is 33.3. The molecule has 0 aromatic heterocycles. The molecular weight excluding hydrogens is 1060 g/mol. The average molecular weight is 1130 g/mol. The van der Waals surface area contributed by atoms with Gasteiger partial charge in [0.2, 0.25) is 0 Å². The predicted octanol–water partition coefficient (Wildman–Crippen LogP) is 12.5. The fourth-order valence-electron chi connectivity index (χ4n) is 11.7. The summed E-state index contributed by atoms with van der Waals surface area (Å²) in [6.07, 6.45) is -2.95. The molecule has 0 bridgehead atoms. The molecule has 390 valence electrons. The summed E-state index contributed by atoms with van der Waals surface area (Å²) in [5, 5.41) is 0. The Bertz CT molecular complexity index is 3140. The van der Waals surface area contributed by atoms with E-state index in [0.29, 0.717) is 17.5 Å². The van der Waals surface area contributed by atoms with E-state index in [0.717, 1.165) is 61.7 Å². The number of fused-ring (bicyclic) bond motifs is 3. The number of alkyl halides is 6. The predicted molar refractivity (Wildman–Crippen MR) is 287 cm³/mol. The van der Waals surface area contributed by atoms with Gasteiger partial charge in [-0.1, -0.05) is 0 Å². The Hall–Kier alpha value is -4.29. The molecule has 0 saturated heterocycles. The average Bonchev–Trinajstić information content (AvgIpc) is 3.85. The maximum Gasteiger partial charge on any atom is -1.00 e. The smallest absolute Gasteiger partial charge is 1.00 e. The van der Waals surface area contributed by atoms with Crippen LogP contribution in [-0.4, -0.2) is 3.21 Å². The van der Waals surface area contributed by atoms with E-state index in [-0.39, 0.29) is 41.6 Å². The van der Waals surface area contributed by atoms with Crippen molar-refractivity contribution in [2.24, 2.45) is 11.3 Å². The summed E-state index contributed by atoms with van der Waals surface area (Å²) in [6.45, 7) is 35.5. The zero-order valence-electron chi connectivity index (χ0n) is 45.8. The van der Waals surface area contributed by atoms with E-state index < -0.39 is 50.2 Å². The molecule has 8 rings (SSSR count). The molecule has 1 unspecified atom stereocenters. The molecule has 0 fully saturated rings. The SMILES string of the molecule is CCC1C=C(C(C)(C)C)C=[C]1[Zr+2](=[C](c1ccc(C(F)(F)F)cc1)c1ccc(C(F)(F)F)cc1)[c]1c2c(cc(C(C)(C)C)c1-c1c(C)cc(C)cc1C)-c1cc(C(C)(C)C)c(-c3c(C)cc(C)cc3C)cc1C2.[Cl-].[Cl-]. The normalized spacial score (nSPS) is 14.6. The van der Waals surface area contributed by atoms with Crippen LogP contribution < -0.4 is 28.1 Å². The maximum absolute atomic E-state index is 14.5. The Morgan fingerprint density at radius 3 is 1.35 bits per heavy atom. The molecule has 0 spiro atoms. The summed E-state index contributed by atoms with van der Waals surface area (Å²) in [6, 6.07) is 27.2. The topological polar surface area (TPSA) is 0 Å². The zero-order chi connectivity index (χ0) is 52.9. The molecule has 1 atom stereocenters. The number of halogens is 8. The third-order valence-electron chi connectivity index (χ3n) is 15.0. The standard InChI is InChI=1S/C39H45.C15H8F6.C11H17.2ClH.Zr/c1-22-13-24(3)36(25(4)14-22)32-18-28-17-29-19-33(37-26(5)15-23(2)16-27(37)6)35(39(10,11)12)21-31(29)30(28)20-34(32)38(7,8)9;16-14(17,18)12-5-1-10(2-6-12)9-11-3-7-13(8-4-11)15(19,20)21;1-5-9-6-7-10(8-9)11(2,3)4;;;/h13-16,18,20-21H,17H2,1-12H3;1-8H;7-9H,5H2,1-4H3;2*1H;/q;;;;;+2/p-2. The van der Waals surface area contributed by atoms with Crippen LogP contribution in [0, 0.1) is 52.9 Å². The van der Waals surface area contributed by atoms with E-state index in [1.807, 2.05) is 0 Å². The summed E-state index contributed by atoms with van der Waals surface area (Å²) in [7, 11) is 0. The fourth-order valence-corrected chi connectivity index (χ4v) is 20.9. The second kappa shape index (κ2) is 20.9. The van der Waals surface area contributed by atoms with E-state index in [4.69, 9.17) is 0 Å². The first-order valence-corrected chi connectivity index (χ1v) is 29.1. The first kappa shape index (κ1) is 59.0. The number of rotatable bonds is 7. The second-order valence-electron chi connectivity index (χ2n) is 23.9. The third-order valence-corrected chi connectivity index (χ3v) is 22.9. The summed E-state index contributed by atoms with van der Waals surface area (Å²) < 4.78 is 90.3. The van der Waals surface area contributed by atoms with E-state index in [9.17, 15) is 26.3 Å². The Kier molecular flexibility index (Phi) is 16.7. The summed E-state index contributed by atoms with van der Waals surface area (Å²) in [5.41, 5.74) is 19.1. The molecule has 0 amide bonds. The summed E-state index contributed by atoms with van der Waals surface area (Å²) in [5.74, 6) is 0.00453. The fraction of sp³-hybridized carbons (Fsp3) is 0.369. The van der Waals surface area contributed by atoms with Crippen LogP contribution >= 0.6 is 0 Å². The molecule has 0 nitrogen and oxygen atoms in total. The molecule has 0 saturated carbocycles. The molecule has 6 aromatic rings. The van der Waals surface area contributed by atoms with Gasteiger partial charge in [-0.25, -0.2) is 0 Å². The van der Waals surface area contributed by atoms with Crippen LogP contribution in [0.2, 0.25) is 0 Å². The van der Waals surface area contributed by atoms with Crippen molar-refractivity contribution in [3.05, 3.63) is 190 Å². The van der Waals surface area contributed by atoms with Crippen molar-refractivity contribution >= 4 is 6.48 Å². The summed E-state index contributed by atoms with van der Waals surface area (Å²) >= 11 is -4.03. The van der Waals surface area contributed by atoms with Crippen molar-refractivity contribution in [3.8, 4) is 33.4 Å². The van der Waals surface area contributed by atoms with E-state index >= 15 is 0 Å². The van der Waals surface area contributed by atoms with E-state index in [2.05, 4.69) is 165 Å². The van der Waals surface area contributed by atoms with Gasteiger partial charge in [0.15, 0.2) is 0 Å². The maximum atomic E-state index is 14.5. The van der Waals surface area contributed by atoms with Crippen LogP contribution in [0.3, 0.4) is 0 Å². The monoisotopic (exact) mass is 1120 g/mol. The minimum Gasteiger partial charge on any atom is -1.00 e. The van der Waals surface area contributed by atoms with Crippen molar-refractivity contribution in [3.63, 3.8) is 0 Å². The van der Waals surface area contributed by atoms with Crippen LogP contribution in [0.4, 0.5) is 26.3 Å². The Balaban J connectivity index is 0.00000446. The van der Waals surface area contributed by atoms with Crippen LogP contribution in [-0.2, 0) is 50.9 Å². The van der Waals surface area contributed by atoms with Crippen LogP contribution in [0.5, 0.6) is 0 Å². The largest absolute Gasteiger partial charge is 1.00 e. The molecule has 2 aliphatic carbocycles. The Morgan fingerprint density at radius 2 is 0.946 bits per heavy atom. The second-order valence-corrected chi connectivity index (χ2v) is 29.6. The molecule has 0 heterocycles. The van der Waals surface area contributed by atoms with Gasteiger partial charge in [0, 0.05) is 0 Å². The van der Waals surface area contributed by atoms with Gasteiger partial charge in [-0.15, -0.1) is 0 Å². The number of hydrogen-bond acceptors (Lipinski definition) is 0. The molecule has 0 N–H and O–H groups in total. The van der Waals surface area contributed by atoms with Gasteiger partial charge >= 0.3 is 435 Å². The first-order valence-electron chi connectivity index (χ1n) is 25.4. The van der Waals surface area contributed by atoms with Gasteiger partial charge in [-0.3, -0.25) is 0 Å². The minimum atomic E-state index is -4.58. The summed E-state index contributed by atoms with van der Waals surface area (Å²) in [4.78, 5) is 0. The molecule has 2 aliphatic rings. The van der Waals surface area contributed by atoms with E-state index in [1.165, 1.54) is 73.3 Å². The number of allylic oxidation sites excluding steroid dienone is 4. The van der Waals surface area contributed by atoms with Crippen molar-refractivity contribution in [1.29, 1.82) is 0 Å². The van der Waals surface area contributed by atoms with Crippen molar-refractivity contribution in [2.75, 3.05) is 0 Å².